The highest BCUT2D eigenvalue weighted by molar-refractivity contribution is 5.87. The summed E-state index contributed by atoms with van der Waals surface area (Å²) >= 11 is 0. The number of anilines is 1. The highest BCUT2D eigenvalue weighted by atomic mass is 16.5. The van der Waals surface area contributed by atoms with Crippen molar-refractivity contribution in [2.45, 2.75) is 18.4 Å². The molecule has 2 N–H and O–H groups in total. The number of nitrogens with one attached hydrogen (secondary N) is 1. The van der Waals surface area contributed by atoms with Crippen LogP contribution in [0.2, 0.25) is 0 Å². The molecule has 0 aromatic heterocycles. The second-order valence-electron chi connectivity index (χ2n) is 6.33. The van der Waals surface area contributed by atoms with Gasteiger partial charge in [0.25, 0.3) is 0 Å². The molecule has 2 aliphatic rings. The number of hydrogen-bond acceptors (Lipinski definition) is 3. The van der Waals surface area contributed by atoms with Crippen LogP contribution in [-0.4, -0.2) is 18.2 Å². The van der Waals surface area contributed by atoms with E-state index in [0.717, 1.165) is 23.4 Å². The van der Waals surface area contributed by atoms with E-state index in [9.17, 15) is 4.79 Å². The molecule has 0 saturated heterocycles. The van der Waals surface area contributed by atoms with Crippen LogP contribution in [0, 0.1) is 5.92 Å². The molecular formula is C20H19NO3. The molecule has 1 aliphatic carbocycles. The number of fused-ring (bicyclic) bond motifs is 3. The van der Waals surface area contributed by atoms with Gasteiger partial charge in [-0.1, -0.05) is 36.4 Å². The van der Waals surface area contributed by atoms with Gasteiger partial charge in [0, 0.05) is 5.92 Å². The Morgan fingerprint density at radius 2 is 2.00 bits per heavy atom. The van der Waals surface area contributed by atoms with E-state index in [2.05, 4.69) is 23.5 Å². The van der Waals surface area contributed by atoms with Crippen molar-refractivity contribution < 1.29 is 14.6 Å². The summed E-state index contributed by atoms with van der Waals surface area (Å²) in [7, 11) is 1.69. The number of hydrogen-bond donors (Lipinski definition) is 2. The average Bonchev–Trinajstić information content (AvgIpc) is 3.10. The van der Waals surface area contributed by atoms with E-state index in [-0.39, 0.29) is 6.04 Å². The summed E-state index contributed by atoms with van der Waals surface area (Å²) in [5.41, 5.74) is 3.73. The van der Waals surface area contributed by atoms with Gasteiger partial charge in [0.2, 0.25) is 0 Å². The minimum Gasteiger partial charge on any atom is -0.495 e. The van der Waals surface area contributed by atoms with Crippen molar-refractivity contribution in [3.05, 3.63) is 71.3 Å². The second kappa shape index (κ2) is 5.71. The van der Waals surface area contributed by atoms with E-state index in [1.54, 1.807) is 19.2 Å². The Kier molecular flexibility index (Phi) is 3.53. The largest absolute Gasteiger partial charge is 0.495 e. The minimum atomic E-state index is -0.898. The van der Waals surface area contributed by atoms with Gasteiger partial charge < -0.3 is 15.2 Å². The van der Waals surface area contributed by atoms with Crippen LogP contribution >= 0.6 is 0 Å². The Hall–Kier alpha value is -2.75. The summed E-state index contributed by atoms with van der Waals surface area (Å²) in [5, 5.41) is 12.7. The van der Waals surface area contributed by atoms with Crippen LogP contribution in [0.15, 0.2) is 54.6 Å². The van der Waals surface area contributed by atoms with Gasteiger partial charge in [-0.25, -0.2) is 4.79 Å². The number of allylic oxidation sites excluding steroid dienone is 2. The standard InChI is InChI=1S/C20H19NO3/c1-24-17-7-3-6-16-14-4-2-5-15(14)18(21-19(16)17)12-8-10-13(11-9-12)20(22)23/h2-4,6-11,14-15,18,21H,5H2,1H3,(H,22,23). The highest BCUT2D eigenvalue weighted by Gasteiger charge is 2.38. The van der Waals surface area contributed by atoms with Crippen molar-refractivity contribution in [3.8, 4) is 5.75 Å². The summed E-state index contributed by atoms with van der Waals surface area (Å²) in [6, 6.07) is 13.5. The van der Waals surface area contributed by atoms with Crippen LogP contribution < -0.4 is 10.1 Å². The van der Waals surface area contributed by atoms with E-state index in [1.165, 1.54) is 5.56 Å². The second-order valence-corrected chi connectivity index (χ2v) is 6.33. The summed E-state index contributed by atoms with van der Waals surface area (Å²) in [4.78, 5) is 11.1. The van der Waals surface area contributed by atoms with Gasteiger partial charge in [-0.05, 0) is 41.7 Å². The lowest BCUT2D eigenvalue weighted by Crippen LogP contribution is -2.29. The lowest BCUT2D eigenvalue weighted by Gasteiger charge is -2.38. The molecule has 2 aromatic rings. The molecular weight excluding hydrogens is 302 g/mol. The van der Waals surface area contributed by atoms with Crippen LogP contribution in [0.25, 0.3) is 0 Å². The quantitative estimate of drug-likeness (QED) is 0.831. The molecule has 1 aliphatic heterocycles. The minimum absolute atomic E-state index is 0.136. The molecule has 0 amide bonds. The predicted octanol–water partition coefficient (Wildman–Crippen LogP) is 4.22. The van der Waals surface area contributed by atoms with Crippen molar-refractivity contribution in [1.29, 1.82) is 0 Å². The highest BCUT2D eigenvalue weighted by Crippen LogP contribution is 2.52. The topological polar surface area (TPSA) is 58.6 Å². The average molecular weight is 321 g/mol. The van der Waals surface area contributed by atoms with E-state index in [1.807, 2.05) is 24.3 Å². The van der Waals surface area contributed by atoms with E-state index >= 15 is 0 Å². The Balaban J connectivity index is 1.76. The van der Waals surface area contributed by atoms with Gasteiger partial charge in [-0.15, -0.1) is 0 Å². The molecule has 3 atom stereocenters. The molecule has 122 valence electrons. The fraction of sp³-hybridized carbons (Fsp3) is 0.250. The van der Waals surface area contributed by atoms with Crippen molar-refractivity contribution in [1.82, 2.24) is 0 Å². The molecule has 0 radical (unpaired) electrons. The zero-order chi connectivity index (χ0) is 16.7. The Morgan fingerprint density at radius 1 is 1.21 bits per heavy atom. The van der Waals surface area contributed by atoms with Crippen LogP contribution in [0.3, 0.4) is 0 Å². The van der Waals surface area contributed by atoms with E-state index in [4.69, 9.17) is 9.84 Å². The maximum absolute atomic E-state index is 11.1. The first-order valence-electron chi connectivity index (χ1n) is 8.12. The fourth-order valence-electron chi connectivity index (χ4n) is 3.93. The van der Waals surface area contributed by atoms with Crippen LogP contribution in [-0.2, 0) is 0 Å². The molecule has 1 heterocycles. The third-order valence-electron chi connectivity index (χ3n) is 5.10. The lowest BCUT2D eigenvalue weighted by molar-refractivity contribution is 0.0697. The van der Waals surface area contributed by atoms with Crippen LogP contribution in [0.5, 0.6) is 5.75 Å². The maximum atomic E-state index is 11.1. The van der Waals surface area contributed by atoms with E-state index < -0.39 is 5.97 Å². The molecule has 0 spiro atoms. The number of aromatic carboxylic acids is 1. The first-order valence-corrected chi connectivity index (χ1v) is 8.12. The zero-order valence-corrected chi connectivity index (χ0v) is 13.4. The van der Waals surface area contributed by atoms with E-state index in [0.29, 0.717) is 17.4 Å². The van der Waals surface area contributed by atoms with Crippen LogP contribution in [0.1, 0.15) is 39.9 Å². The third kappa shape index (κ3) is 2.26. The Bertz CT molecular complexity index is 810. The molecule has 2 aromatic carbocycles. The zero-order valence-electron chi connectivity index (χ0n) is 13.4. The number of methoxy groups -OCH3 is 1. The summed E-state index contributed by atoms with van der Waals surface area (Å²) in [5.74, 6) is 0.741. The molecule has 4 rings (SSSR count). The van der Waals surface area contributed by atoms with Crippen molar-refractivity contribution in [2.24, 2.45) is 5.92 Å². The molecule has 0 bridgehead atoms. The maximum Gasteiger partial charge on any atom is 0.335 e. The van der Waals surface area contributed by atoms with Gasteiger partial charge in [0.15, 0.2) is 0 Å². The number of carbonyl (C=O) groups is 1. The van der Waals surface area contributed by atoms with Crippen LogP contribution in [0.4, 0.5) is 5.69 Å². The normalized spacial score (nSPS) is 24.0. The monoisotopic (exact) mass is 321 g/mol. The predicted molar refractivity (Wildman–Crippen MR) is 92.7 cm³/mol. The number of carboxylic acids is 1. The number of carboxylic acid groups (broad SMARTS) is 1. The molecule has 4 nitrogen and oxygen atoms in total. The molecule has 0 saturated carbocycles. The first kappa shape index (κ1) is 14.8. The summed E-state index contributed by atoms with van der Waals surface area (Å²) in [6.45, 7) is 0. The van der Waals surface area contributed by atoms with Crippen molar-refractivity contribution in [2.75, 3.05) is 12.4 Å². The first-order chi connectivity index (χ1) is 11.7. The molecule has 3 unspecified atom stereocenters. The smallest absolute Gasteiger partial charge is 0.335 e. The summed E-state index contributed by atoms with van der Waals surface area (Å²) < 4.78 is 5.53. The van der Waals surface area contributed by atoms with Gasteiger partial charge in [0.05, 0.1) is 24.4 Å². The lowest BCUT2D eigenvalue weighted by atomic mass is 9.77. The van der Waals surface area contributed by atoms with Crippen molar-refractivity contribution >= 4 is 11.7 Å². The summed E-state index contributed by atoms with van der Waals surface area (Å²) in [6.07, 6.45) is 5.53. The van der Waals surface area contributed by atoms with Gasteiger partial charge in [0.1, 0.15) is 5.75 Å². The van der Waals surface area contributed by atoms with Gasteiger partial charge in [-0.3, -0.25) is 0 Å². The number of para-hydroxylation sites is 1. The van der Waals surface area contributed by atoms with Gasteiger partial charge >= 0.3 is 5.97 Å². The third-order valence-corrected chi connectivity index (χ3v) is 5.10. The van der Waals surface area contributed by atoms with Gasteiger partial charge in [-0.2, -0.15) is 0 Å². The Morgan fingerprint density at radius 3 is 2.71 bits per heavy atom. The fourth-order valence-corrected chi connectivity index (χ4v) is 3.93. The number of ether oxygens (including phenoxy) is 1. The SMILES string of the molecule is COc1cccc2c1NC(c1ccc(C(=O)O)cc1)C1CC=CC21. The number of rotatable bonds is 3. The Labute approximate surface area is 140 Å². The molecule has 24 heavy (non-hydrogen) atoms. The number of benzene rings is 2. The molecule has 4 heteroatoms. The van der Waals surface area contributed by atoms with Crippen molar-refractivity contribution in [3.63, 3.8) is 0 Å². The molecule has 0 fully saturated rings.